The van der Waals surface area contributed by atoms with E-state index in [2.05, 4.69) is 513 Å². The van der Waals surface area contributed by atoms with Crippen LogP contribution in [0.3, 0.4) is 0 Å². The lowest BCUT2D eigenvalue weighted by Gasteiger charge is -2.26. The number of fused-ring (bicyclic) bond motifs is 17. The van der Waals surface area contributed by atoms with Crippen molar-refractivity contribution in [2.45, 2.75) is 0 Å². The lowest BCUT2D eigenvalue weighted by molar-refractivity contribution is 1.19. The fourth-order valence-electron chi connectivity index (χ4n) is 20.5. The van der Waals surface area contributed by atoms with Crippen LogP contribution >= 0.6 is 0 Å². The summed E-state index contributed by atoms with van der Waals surface area (Å²) in [4.78, 5) is 4.78. The lowest BCUT2D eigenvalue weighted by atomic mass is 9.98. The van der Waals surface area contributed by atoms with Gasteiger partial charge in [0.25, 0.3) is 0 Å². The van der Waals surface area contributed by atoms with Gasteiger partial charge in [-0.05, 0) is 211 Å². The van der Waals surface area contributed by atoms with E-state index in [0.717, 1.165) is 39.6 Å². The molecule has 0 fully saturated rings. The highest BCUT2D eigenvalue weighted by atomic mass is 15.2. The number of benzene rings is 22. The molecule has 0 aliphatic rings. The third-order valence-electron chi connectivity index (χ3n) is 26.4. The Hall–Kier alpha value is -17.1. The fraction of sp³-hybridized carbons (Fsp3) is 0. The van der Waals surface area contributed by atoms with E-state index >= 15 is 0 Å². The second-order valence-corrected chi connectivity index (χ2v) is 33.4. The van der Waals surface area contributed by atoms with E-state index in [-0.39, 0.29) is 0 Å². The van der Waals surface area contributed by atoms with Crippen LogP contribution in [-0.2, 0) is 0 Å². The van der Waals surface area contributed by atoms with Crippen LogP contribution < -0.4 is 9.80 Å². The second kappa shape index (κ2) is 30.5. The summed E-state index contributed by atoms with van der Waals surface area (Å²) in [5, 5.41) is 22.3. The van der Waals surface area contributed by atoms with E-state index in [0.29, 0.717) is 0 Å². The monoisotopic (exact) mass is 1630 g/mol. The van der Waals surface area contributed by atoms with Gasteiger partial charge in [-0.15, -0.1) is 0 Å². The Balaban J connectivity index is 0.000000141. The summed E-state index contributed by atoms with van der Waals surface area (Å²) < 4.78 is 9.75. The molecule has 0 N–H and O–H groups in total. The third kappa shape index (κ3) is 12.2. The van der Waals surface area contributed by atoms with Crippen molar-refractivity contribution in [3.05, 3.63) is 485 Å². The van der Waals surface area contributed by atoms with Gasteiger partial charge in [-0.25, -0.2) is 0 Å². The molecule has 598 valence electrons. The van der Waals surface area contributed by atoms with E-state index in [1.807, 2.05) is 0 Å². The minimum absolute atomic E-state index is 1.08. The zero-order chi connectivity index (χ0) is 84.3. The summed E-state index contributed by atoms with van der Waals surface area (Å²) >= 11 is 0. The number of rotatable bonds is 13. The van der Waals surface area contributed by atoms with Gasteiger partial charge in [0.05, 0.1) is 66.9 Å². The smallest absolute Gasteiger partial charge is 0.0562 e. The minimum Gasteiger partial charge on any atom is -0.310 e. The standard InChI is InChI=1S/C66H43N3.C56H37N3/c1-4-20-53-45(14-1)17-11-25-54(53)48-32-37-51(38-33-48)67(52-39-40-59-57-23-7-9-26-63(57)69(66(59)43-52)62-29-13-19-47-16-3-6-22-56(47)62)50-35-30-44(31-36-50)49-34-41-65-60(42-49)58-24-8-10-27-64(58)68(65)61-28-12-18-46-15-2-5-21-55(46)61;1-2-18-42(19-3-1)57(44-33-34-49-47-22-8-10-24-53(47)59(56(49)37-44)52-27-13-17-40-15-5-7-21-46(40)52)43-31-28-38(29-32-43)41-30-35-55-50(36-41)48-23-9-11-25-54(48)58(55)51-26-12-16-39-14-4-6-20-45(39)51/h1-43H;1-37H. The molecular formula is C122H80N6. The molecule has 22 aromatic carbocycles. The lowest BCUT2D eigenvalue weighted by Crippen LogP contribution is -2.10. The van der Waals surface area contributed by atoms with Gasteiger partial charge in [-0.3, -0.25) is 0 Å². The van der Waals surface area contributed by atoms with Gasteiger partial charge in [-0.1, -0.05) is 340 Å². The fourth-order valence-corrected chi connectivity index (χ4v) is 20.5. The predicted octanol–water partition coefficient (Wildman–Crippen LogP) is 33.5. The molecule has 0 saturated heterocycles. The van der Waals surface area contributed by atoms with Crippen molar-refractivity contribution in [2.24, 2.45) is 0 Å². The zero-order valence-electron chi connectivity index (χ0n) is 69.9. The predicted molar refractivity (Wildman–Crippen MR) is 543 cm³/mol. The number of hydrogen-bond donors (Lipinski definition) is 0. The van der Waals surface area contributed by atoms with Crippen LogP contribution in [-0.4, -0.2) is 18.3 Å². The molecule has 0 aliphatic heterocycles. The number of aromatic nitrogens is 4. The van der Waals surface area contributed by atoms with Crippen LogP contribution in [0.2, 0.25) is 0 Å². The first-order chi connectivity index (χ1) is 63.5. The highest BCUT2D eigenvalue weighted by Crippen LogP contribution is 2.47. The Morgan fingerprint density at radius 3 is 0.734 bits per heavy atom. The van der Waals surface area contributed by atoms with Crippen molar-refractivity contribution in [1.82, 2.24) is 18.3 Å². The van der Waals surface area contributed by atoms with Gasteiger partial charge in [0.2, 0.25) is 0 Å². The molecule has 0 aliphatic carbocycles. The summed E-state index contributed by atoms with van der Waals surface area (Å²) in [6.45, 7) is 0. The highest BCUT2D eigenvalue weighted by Gasteiger charge is 2.25. The quantitative estimate of drug-likeness (QED) is 0.115. The van der Waals surface area contributed by atoms with E-state index in [1.54, 1.807) is 0 Å². The minimum atomic E-state index is 1.08. The molecule has 6 heteroatoms. The second-order valence-electron chi connectivity index (χ2n) is 33.4. The molecule has 0 radical (unpaired) electrons. The Labute approximate surface area is 739 Å². The van der Waals surface area contributed by atoms with Crippen molar-refractivity contribution < 1.29 is 0 Å². The average molecular weight is 1630 g/mol. The normalized spacial score (nSPS) is 11.8. The molecule has 4 aromatic heterocycles. The van der Waals surface area contributed by atoms with Crippen molar-refractivity contribution in [3.8, 4) is 56.1 Å². The summed E-state index contributed by atoms with van der Waals surface area (Å²) in [7, 11) is 0. The number of para-hydroxylation sites is 5. The zero-order valence-corrected chi connectivity index (χ0v) is 69.9. The van der Waals surface area contributed by atoms with Gasteiger partial charge >= 0.3 is 0 Å². The van der Waals surface area contributed by atoms with E-state index in [9.17, 15) is 0 Å². The molecule has 4 heterocycles. The Bertz CT molecular complexity index is 8870. The van der Waals surface area contributed by atoms with Gasteiger partial charge in [0.15, 0.2) is 0 Å². The molecule has 6 nitrogen and oxygen atoms in total. The van der Waals surface area contributed by atoms with Crippen LogP contribution in [0, 0.1) is 0 Å². The highest BCUT2D eigenvalue weighted by molar-refractivity contribution is 6.17. The van der Waals surface area contributed by atoms with Crippen LogP contribution in [0.4, 0.5) is 34.1 Å². The summed E-state index contributed by atoms with van der Waals surface area (Å²) in [6.07, 6.45) is 0. The van der Waals surface area contributed by atoms with Crippen LogP contribution in [0.1, 0.15) is 0 Å². The SMILES string of the molecule is c1ccc(N(c2ccc(-c3ccc4c(c3)c3ccccc3n4-c3cccc4ccccc34)cc2)c2ccc3c4ccccc4n(-c4cccc5ccccc45)c3c2)cc1.c1ccc2c(-c3ccc(N(c4ccc(-c5ccc6c(c5)c5ccccc5n6-c5cccc6ccccc56)cc4)c4ccc5c6ccccc6n(-c6cccc7ccccc67)c5c4)cc3)cccc2c1. The molecule has 0 spiro atoms. The van der Waals surface area contributed by atoms with Crippen LogP contribution in [0.5, 0.6) is 0 Å². The van der Waals surface area contributed by atoms with E-state index in [4.69, 9.17) is 0 Å². The first kappa shape index (κ1) is 73.6. The van der Waals surface area contributed by atoms with Crippen molar-refractivity contribution in [1.29, 1.82) is 0 Å². The first-order valence-corrected chi connectivity index (χ1v) is 44.0. The van der Waals surface area contributed by atoms with E-state index < -0.39 is 0 Å². The Morgan fingerprint density at radius 2 is 0.367 bits per heavy atom. The van der Waals surface area contributed by atoms with Crippen LogP contribution in [0.25, 0.3) is 197 Å². The van der Waals surface area contributed by atoms with Crippen molar-refractivity contribution >= 4 is 175 Å². The summed E-state index contributed by atoms with van der Waals surface area (Å²) in [6, 6.07) is 177. The molecule has 26 aromatic rings. The number of nitrogens with zero attached hydrogens (tertiary/aromatic N) is 6. The Kier molecular flexibility index (Phi) is 17.5. The molecule has 128 heavy (non-hydrogen) atoms. The average Bonchev–Trinajstić information content (AvgIpc) is 1.59. The Morgan fingerprint density at radius 1 is 0.125 bits per heavy atom. The molecule has 0 amide bonds. The molecule has 0 bridgehead atoms. The maximum absolute atomic E-state index is 2.45. The third-order valence-corrected chi connectivity index (χ3v) is 26.4. The number of hydrogen-bond acceptors (Lipinski definition) is 2. The topological polar surface area (TPSA) is 26.2 Å². The molecule has 0 atom stereocenters. The maximum atomic E-state index is 2.45. The largest absolute Gasteiger partial charge is 0.310 e. The molecular weight excluding hydrogens is 1550 g/mol. The maximum Gasteiger partial charge on any atom is 0.0562 e. The number of anilines is 6. The first-order valence-electron chi connectivity index (χ1n) is 44.0. The van der Waals surface area contributed by atoms with Crippen molar-refractivity contribution in [2.75, 3.05) is 9.80 Å². The summed E-state index contributed by atoms with van der Waals surface area (Å²) in [5.41, 5.74) is 28.0. The molecule has 26 rings (SSSR count). The van der Waals surface area contributed by atoms with Gasteiger partial charge < -0.3 is 28.1 Å². The van der Waals surface area contributed by atoms with Gasteiger partial charge in [-0.2, -0.15) is 0 Å². The van der Waals surface area contributed by atoms with E-state index in [1.165, 1.54) is 192 Å². The van der Waals surface area contributed by atoms with Crippen LogP contribution in [0.15, 0.2) is 485 Å². The van der Waals surface area contributed by atoms with Gasteiger partial charge in [0, 0.05) is 98.8 Å². The van der Waals surface area contributed by atoms with Gasteiger partial charge in [0.1, 0.15) is 0 Å². The molecule has 0 unspecified atom stereocenters. The molecule has 0 saturated carbocycles. The summed E-state index contributed by atoms with van der Waals surface area (Å²) in [5.74, 6) is 0. The van der Waals surface area contributed by atoms with Crippen molar-refractivity contribution in [3.63, 3.8) is 0 Å².